The summed E-state index contributed by atoms with van der Waals surface area (Å²) in [5.74, 6) is -0.122. The fourth-order valence-electron chi connectivity index (χ4n) is 1.77. The van der Waals surface area contributed by atoms with Crippen molar-refractivity contribution in [2.75, 3.05) is 18.5 Å². The number of carbonyl (C=O) groups is 1. The third-order valence-corrected chi connectivity index (χ3v) is 3.61. The van der Waals surface area contributed by atoms with Crippen LogP contribution in [0, 0.1) is 6.92 Å². The first-order valence-electron chi connectivity index (χ1n) is 5.79. The van der Waals surface area contributed by atoms with E-state index in [0.29, 0.717) is 23.5 Å². The number of nitrogens with zero attached hydrogens (tertiary/aromatic N) is 2. The van der Waals surface area contributed by atoms with E-state index in [0.717, 1.165) is 9.88 Å². The highest BCUT2D eigenvalue weighted by Crippen LogP contribution is 2.19. The van der Waals surface area contributed by atoms with E-state index in [4.69, 9.17) is 11.5 Å². The molecule has 0 aliphatic heterocycles. The highest BCUT2D eigenvalue weighted by molar-refractivity contribution is 7.11. The monoisotopic (exact) mass is 276 g/mol. The van der Waals surface area contributed by atoms with Crippen molar-refractivity contribution < 1.29 is 4.79 Å². The molecule has 4 N–H and O–H groups in total. The van der Waals surface area contributed by atoms with Crippen molar-refractivity contribution in [3.63, 3.8) is 0 Å². The molecule has 0 aliphatic carbocycles. The molecule has 1 amide bonds. The van der Waals surface area contributed by atoms with Crippen LogP contribution in [0.25, 0.3) is 0 Å². The number of aromatic nitrogens is 1. The smallest absolute Gasteiger partial charge is 0.256 e. The standard InChI is InChI=1S/C13H16N4OS/c1-8-16-6-10(19-8)7-17(2)13(18)11-4-3-9(14)5-12(11)15/h3-6H,7,14-15H2,1-2H3. The first-order chi connectivity index (χ1) is 8.97. The molecule has 100 valence electrons. The third kappa shape index (κ3) is 3.03. The van der Waals surface area contributed by atoms with Crippen molar-refractivity contribution in [2.24, 2.45) is 0 Å². The fraction of sp³-hybridized carbons (Fsp3) is 0.231. The molecule has 0 unspecified atom stereocenters. The Morgan fingerprint density at radius 2 is 2.16 bits per heavy atom. The van der Waals surface area contributed by atoms with E-state index >= 15 is 0 Å². The molecule has 19 heavy (non-hydrogen) atoms. The molecule has 2 rings (SSSR count). The number of hydrogen-bond donors (Lipinski definition) is 2. The van der Waals surface area contributed by atoms with Crippen molar-refractivity contribution in [3.05, 3.63) is 39.8 Å². The minimum Gasteiger partial charge on any atom is -0.399 e. The molecule has 1 heterocycles. The maximum absolute atomic E-state index is 12.3. The number of benzene rings is 1. The quantitative estimate of drug-likeness (QED) is 0.838. The molecule has 0 radical (unpaired) electrons. The van der Waals surface area contributed by atoms with Crippen LogP contribution in [0.2, 0.25) is 0 Å². The molecule has 0 atom stereocenters. The van der Waals surface area contributed by atoms with Gasteiger partial charge in [0.05, 0.1) is 17.1 Å². The number of nitrogen functional groups attached to an aromatic ring is 2. The minimum atomic E-state index is -0.122. The molecule has 0 saturated heterocycles. The topological polar surface area (TPSA) is 85.2 Å². The van der Waals surface area contributed by atoms with Gasteiger partial charge in [0.25, 0.3) is 5.91 Å². The Bertz CT molecular complexity index is 608. The van der Waals surface area contributed by atoms with Gasteiger partial charge in [-0.25, -0.2) is 4.98 Å². The van der Waals surface area contributed by atoms with E-state index in [-0.39, 0.29) is 5.91 Å². The van der Waals surface area contributed by atoms with E-state index < -0.39 is 0 Å². The molecule has 0 saturated carbocycles. The number of aryl methyl sites for hydroxylation is 1. The van der Waals surface area contributed by atoms with Crippen molar-refractivity contribution in [2.45, 2.75) is 13.5 Å². The van der Waals surface area contributed by atoms with E-state index in [1.165, 1.54) is 0 Å². The first kappa shape index (κ1) is 13.4. The first-order valence-corrected chi connectivity index (χ1v) is 6.61. The van der Waals surface area contributed by atoms with Crippen LogP contribution < -0.4 is 11.5 Å². The van der Waals surface area contributed by atoms with Gasteiger partial charge in [-0.05, 0) is 25.1 Å². The van der Waals surface area contributed by atoms with Gasteiger partial charge in [0.1, 0.15) is 0 Å². The maximum atomic E-state index is 12.3. The van der Waals surface area contributed by atoms with Gasteiger partial charge in [0.15, 0.2) is 0 Å². The second-order valence-corrected chi connectivity index (χ2v) is 5.67. The molecule has 0 aliphatic rings. The Morgan fingerprint density at radius 1 is 1.42 bits per heavy atom. The van der Waals surface area contributed by atoms with Gasteiger partial charge in [-0.3, -0.25) is 4.79 Å². The largest absolute Gasteiger partial charge is 0.399 e. The van der Waals surface area contributed by atoms with Crippen molar-refractivity contribution in [1.29, 1.82) is 0 Å². The zero-order valence-corrected chi connectivity index (χ0v) is 11.7. The van der Waals surface area contributed by atoms with Crippen LogP contribution in [0.15, 0.2) is 24.4 Å². The average molecular weight is 276 g/mol. The molecule has 1 aromatic carbocycles. The highest BCUT2D eigenvalue weighted by atomic mass is 32.1. The number of nitrogens with two attached hydrogens (primary N) is 2. The average Bonchev–Trinajstić information content (AvgIpc) is 2.74. The number of anilines is 2. The lowest BCUT2D eigenvalue weighted by Crippen LogP contribution is -2.26. The van der Waals surface area contributed by atoms with E-state index in [1.807, 2.05) is 6.92 Å². The number of amides is 1. The zero-order valence-electron chi connectivity index (χ0n) is 10.9. The Hall–Kier alpha value is -2.08. The molecule has 0 spiro atoms. The van der Waals surface area contributed by atoms with Crippen LogP contribution in [0.5, 0.6) is 0 Å². The molecular weight excluding hydrogens is 260 g/mol. The predicted molar refractivity (Wildman–Crippen MR) is 77.9 cm³/mol. The van der Waals surface area contributed by atoms with Crippen LogP contribution >= 0.6 is 11.3 Å². The lowest BCUT2D eigenvalue weighted by molar-refractivity contribution is 0.0787. The summed E-state index contributed by atoms with van der Waals surface area (Å²) in [6, 6.07) is 4.92. The summed E-state index contributed by atoms with van der Waals surface area (Å²) in [4.78, 5) is 19.1. The van der Waals surface area contributed by atoms with Crippen LogP contribution in [0.3, 0.4) is 0 Å². The normalized spacial score (nSPS) is 10.4. The van der Waals surface area contributed by atoms with Gasteiger partial charge in [-0.2, -0.15) is 0 Å². The summed E-state index contributed by atoms with van der Waals surface area (Å²) in [6.07, 6.45) is 1.79. The van der Waals surface area contributed by atoms with Crippen molar-refractivity contribution >= 4 is 28.6 Å². The number of thiazole rings is 1. The Morgan fingerprint density at radius 3 is 2.74 bits per heavy atom. The summed E-state index contributed by atoms with van der Waals surface area (Å²) in [5, 5.41) is 0.989. The zero-order chi connectivity index (χ0) is 14.0. The minimum absolute atomic E-state index is 0.122. The molecule has 0 fully saturated rings. The lowest BCUT2D eigenvalue weighted by Gasteiger charge is -2.17. The summed E-state index contributed by atoms with van der Waals surface area (Å²) >= 11 is 1.58. The van der Waals surface area contributed by atoms with Crippen molar-refractivity contribution in [3.8, 4) is 0 Å². The summed E-state index contributed by atoms with van der Waals surface area (Å²) in [5.41, 5.74) is 12.9. The van der Waals surface area contributed by atoms with Gasteiger partial charge in [0.2, 0.25) is 0 Å². The summed E-state index contributed by atoms with van der Waals surface area (Å²) < 4.78 is 0. The maximum Gasteiger partial charge on any atom is 0.256 e. The second kappa shape index (κ2) is 5.27. The van der Waals surface area contributed by atoms with Crippen LogP contribution in [0.1, 0.15) is 20.2 Å². The Kier molecular flexibility index (Phi) is 3.71. The highest BCUT2D eigenvalue weighted by Gasteiger charge is 2.15. The Balaban J connectivity index is 2.14. The molecule has 2 aromatic rings. The SMILES string of the molecule is Cc1ncc(CN(C)C(=O)c2ccc(N)cc2N)s1. The van der Waals surface area contributed by atoms with E-state index in [2.05, 4.69) is 4.98 Å². The van der Waals surface area contributed by atoms with Gasteiger partial charge < -0.3 is 16.4 Å². The number of hydrogen-bond acceptors (Lipinski definition) is 5. The molecule has 1 aromatic heterocycles. The summed E-state index contributed by atoms with van der Waals surface area (Å²) in [7, 11) is 1.74. The van der Waals surface area contributed by atoms with Gasteiger partial charge in [-0.1, -0.05) is 0 Å². The number of rotatable bonds is 3. The summed E-state index contributed by atoms with van der Waals surface area (Å²) in [6.45, 7) is 2.46. The van der Waals surface area contributed by atoms with Crippen LogP contribution in [-0.4, -0.2) is 22.8 Å². The second-order valence-electron chi connectivity index (χ2n) is 4.35. The molecular formula is C13H16N4OS. The van der Waals surface area contributed by atoms with Crippen LogP contribution in [-0.2, 0) is 6.54 Å². The predicted octanol–water partition coefficient (Wildman–Crippen LogP) is 1.89. The van der Waals surface area contributed by atoms with Gasteiger partial charge in [-0.15, -0.1) is 11.3 Å². The molecule has 6 heteroatoms. The van der Waals surface area contributed by atoms with Gasteiger partial charge in [0, 0.05) is 29.5 Å². The Labute approximate surface area is 115 Å². The third-order valence-electron chi connectivity index (χ3n) is 2.71. The molecule has 5 nitrogen and oxygen atoms in total. The number of carbonyl (C=O) groups excluding carboxylic acids is 1. The van der Waals surface area contributed by atoms with E-state index in [9.17, 15) is 4.79 Å². The van der Waals surface area contributed by atoms with E-state index in [1.54, 1.807) is 47.7 Å². The fourth-order valence-corrected chi connectivity index (χ4v) is 2.61. The van der Waals surface area contributed by atoms with Crippen molar-refractivity contribution in [1.82, 2.24) is 9.88 Å². The molecule has 0 bridgehead atoms. The lowest BCUT2D eigenvalue weighted by atomic mass is 10.1. The van der Waals surface area contributed by atoms with Crippen LogP contribution in [0.4, 0.5) is 11.4 Å². The van der Waals surface area contributed by atoms with Gasteiger partial charge >= 0.3 is 0 Å².